The average molecular weight is 433 g/mol. The van der Waals surface area contributed by atoms with E-state index in [1.807, 2.05) is 54.6 Å². The van der Waals surface area contributed by atoms with E-state index in [-0.39, 0.29) is 17.9 Å². The van der Waals surface area contributed by atoms with Gasteiger partial charge in [0.1, 0.15) is 12.1 Å². The summed E-state index contributed by atoms with van der Waals surface area (Å²) in [5, 5.41) is 8.52. The van der Waals surface area contributed by atoms with E-state index in [2.05, 4.69) is 31.2 Å². The second-order valence-electron chi connectivity index (χ2n) is 9.45. The summed E-state index contributed by atoms with van der Waals surface area (Å²) in [6.07, 6.45) is 0.633. The van der Waals surface area contributed by atoms with Crippen molar-refractivity contribution in [3.8, 4) is 0 Å². The summed E-state index contributed by atoms with van der Waals surface area (Å²) in [5.74, 6) is -0.822. The van der Waals surface area contributed by atoms with E-state index >= 15 is 0 Å². The summed E-state index contributed by atoms with van der Waals surface area (Å²) in [6.45, 7) is 8.10. The van der Waals surface area contributed by atoms with E-state index in [1.54, 1.807) is 6.92 Å². The van der Waals surface area contributed by atoms with Gasteiger partial charge in [0.2, 0.25) is 0 Å². The van der Waals surface area contributed by atoms with Crippen molar-refractivity contribution in [3.63, 3.8) is 0 Å². The minimum atomic E-state index is -1.21. The van der Waals surface area contributed by atoms with Gasteiger partial charge in [-0.15, -0.1) is 0 Å². The van der Waals surface area contributed by atoms with Gasteiger partial charge in [-0.2, -0.15) is 5.10 Å². The van der Waals surface area contributed by atoms with E-state index in [4.69, 9.17) is 0 Å². The Hall–Kier alpha value is -3.48. The molecule has 0 bridgehead atoms. The maximum Gasteiger partial charge on any atom is 0.325 e. The van der Waals surface area contributed by atoms with Crippen LogP contribution in [-0.2, 0) is 20.5 Å². The molecule has 0 radical (unpaired) electrons. The number of hydrogen-bond acceptors (Lipinski definition) is 4. The molecule has 0 spiro atoms. The topological polar surface area (TPSA) is 82.1 Å². The van der Waals surface area contributed by atoms with Gasteiger partial charge in [0.05, 0.1) is 12.3 Å². The Labute approximate surface area is 188 Å². The number of amides is 4. The molecule has 2 aromatic carbocycles. The van der Waals surface area contributed by atoms with Crippen molar-refractivity contribution in [2.24, 2.45) is 5.10 Å². The van der Waals surface area contributed by atoms with Gasteiger partial charge in [0, 0.05) is 6.42 Å². The fourth-order valence-corrected chi connectivity index (χ4v) is 4.03. The lowest BCUT2D eigenvalue weighted by molar-refractivity contribution is -0.138. The molecule has 0 saturated carbocycles. The van der Waals surface area contributed by atoms with E-state index in [9.17, 15) is 14.4 Å². The number of carbonyl (C=O) groups excluding carboxylic acids is 3. The van der Waals surface area contributed by atoms with Gasteiger partial charge in [-0.05, 0) is 29.0 Å². The Morgan fingerprint density at radius 3 is 2.34 bits per heavy atom. The van der Waals surface area contributed by atoms with Crippen molar-refractivity contribution in [2.45, 2.75) is 45.1 Å². The normalized spacial score (nSPS) is 21.1. The smallest absolute Gasteiger partial charge is 0.319 e. The number of carbonyl (C=O) groups is 3. The molecule has 7 nitrogen and oxygen atoms in total. The number of imide groups is 1. The van der Waals surface area contributed by atoms with Gasteiger partial charge in [0.15, 0.2) is 0 Å². The molecule has 0 aliphatic carbocycles. The fraction of sp³-hybridized carbons (Fsp3) is 0.360. The quantitative estimate of drug-likeness (QED) is 0.752. The van der Waals surface area contributed by atoms with Crippen LogP contribution in [0.1, 0.15) is 50.8 Å². The summed E-state index contributed by atoms with van der Waals surface area (Å²) in [6, 6.07) is 16.7. The van der Waals surface area contributed by atoms with Crippen molar-refractivity contribution < 1.29 is 14.4 Å². The highest BCUT2D eigenvalue weighted by Crippen LogP contribution is 2.31. The molecule has 2 aromatic rings. The first-order valence-corrected chi connectivity index (χ1v) is 10.8. The van der Waals surface area contributed by atoms with Gasteiger partial charge >= 0.3 is 6.03 Å². The number of rotatable bonds is 4. The Morgan fingerprint density at radius 1 is 1.06 bits per heavy atom. The molecule has 0 aromatic heterocycles. The van der Waals surface area contributed by atoms with Crippen LogP contribution in [0.5, 0.6) is 0 Å². The number of hydrazone groups is 1. The van der Waals surface area contributed by atoms with Gasteiger partial charge in [-0.1, -0.05) is 75.4 Å². The van der Waals surface area contributed by atoms with E-state index in [0.717, 1.165) is 21.7 Å². The van der Waals surface area contributed by atoms with Crippen LogP contribution < -0.4 is 5.32 Å². The standard InChI is InChI=1S/C25H28N4O3/c1-24(2,3)18-10-12-19(13-11-18)25(4)22(31)28(23(32)26-25)16-21(30)29-15-14-20(27-29)17-8-6-5-7-9-17/h5-13H,14-16H2,1-4H3,(H,26,32)/t25-/m0/s1. The monoisotopic (exact) mass is 432 g/mol. The number of benzene rings is 2. The third kappa shape index (κ3) is 3.90. The highest BCUT2D eigenvalue weighted by Gasteiger charge is 2.49. The molecule has 1 fully saturated rings. The summed E-state index contributed by atoms with van der Waals surface area (Å²) in [5.41, 5.74) is 2.37. The fourth-order valence-electron chi connectivity index (χ4n) is 4.03. The maximum atomic E-state index is 13.2. The van der Waals surface area contributed by atoms with E-state index in [1.165, 1.54) is 5.01 Å². The largest absolute Gasteiger partial charge is 0.325 e. The summed E-state index contributed by atoms with van der Waals surface area (Å²) >= 11 is 0. The first-order valence-electron chi connectivity index (χ1n) is 10.8. The van der Waals surface area contributed by atoms with Gasteiger partial charge in [0.25, 0.3) is 11.8 Å². The van der Waals surface area contributed by atoms with Crippen molar-refractivity contribution in [2.75, 3.05) is 13.1 Å². The lowest BCUT2D eigenvalue weighted by atomic mass is 9.84. The van der Waals surface area contributed by atoms with Crippen LogP contribution in [0.2, 0.25) is 0 Å². The van der Waals surface area contributed by atoms with Crippen molar-refractivity contribution in [1.82, 2.24) is 15.2 Å². The molecular formula is C25H28N4O3. The molecule has 2 aliphatic rings. The van der Waals surface area contributed by atoms with Crippen molar-refractivity contribution >= 4 is 23.6 Å². The van der Waals surface area contributed by atoms with Crippen molar-refractivity contribution in [3.05, 3.63) is 71.3 Å². The minimum Gasteiger partial charge on any atom is -0.319 e. The van der Waals surface area contributed by atoms with Crippen LogP contribution in [0.4, 0.5) is 4.79 Å². The maximum absolute atomic E-state index is 13.2. The number of nitrogens with zero attached hydrogens (tertiary/aromatic N) is 3. The molecule has 1 atom stereocenters. The molecule has 166 valence electrons. The molecule has 2 heterocycles. The first kappa shape index (κ1) is 21.7. The molecular weight excluding hydrogens is 404 g/mol. The van der Waals surface area contributed by atoms with Crippen LogP contribution in [0.3, 0.4) is 0 Å². The Morgan fingerprint density at radius 2 is 1.72 bits per heavy atom. The lowest BCUT2D eigenvalue weighted by Gasteiger charge is -2.24. The Balaban J connectivity index is 1.48. The van der Waals surface area contributed by atoms with E-state index < -0.39 is 17.5 Å². The summed E-state index contributed by atoms with van der Waals surface area (Å²) < 4.78 is 0. The zero-order valence-corrected chi connectivity index (χ0v) is 18.9. The summed E-state index contributed by atoms with van der Waals surface area (Å²) in [7, 11) is 0. The van der Waals surface area contributed by atoms with E-state index in [0.29, 0.717) is 18.5 Å². The van der Waals surface area contributed by atoms with Gasteiger partial charge in [-0.3, -0.25) is 14.5 Å². The third-order valence-electron chi connectivity index (χ3n) is 6.09. The second-order valence-corrected chi connectivity index (χ2v) is 9.45. The van der Waals surface area contributed by atoms with Gasteiger partial charge < -0.3 is 5.32 Å². The molecule has 0 unspecified atom stereocenters. The zero-order chi connectivity index (χ0) is 23.1. The lowest BCUT2D eigenvalue weighted by Crippen LogP contribution is -2.43. The molecule has 32 heavy (non-hydrogen) atoms. The predicted molar refractivity (Wildman–Crippen MR) is 122 cm³/mol. The predicted octanol–water partition coefficient (Wildman–Crippen LogP) is 3.39. The molecule has 4 rings (SSSR count). The molecule has 4 amide bonds. The van der Waals surface area contributed by atoms with Crippen LogP contribution in [0.15, 0.2) is 59.7 Å². The van der Waals surface area contributed by atoms with Crippen LogP contribution in [0.25, 0.3) is 0 Å². The number of nitrogens with one attached hydrogen (secondary N) is 1. The second kappa shape index (κ2) is 7.89. The highest BCUT2D eigenvalue weighted by atomic mass is 16.2. The first-order chi connectivity index (χ1) is 15.1. The number of hydrogen-bond donors (Lipinski definition) is 1. The van der Waals surface area contributed by atoms with Crippen molar-refractivity contribution in [1.29, 1.82) is 0 Å². The Kier molecular flexibility index (Phi) is 5.36. The SMILES string of the molecule is CC(C)(C)c1ccc([C@]2(C)NC(=O)N(CC(=O)N3CCC(c4ccccc4)=N3)C2=O)cc1. The average Bonchev–Trinajstić information content (AvgIpc) is 3.34. The van der Waals surface area contributed by atoms with Crippen LogP contribution in [-0.4, -0.2) is 46.6 Å². The zero-order valence-electron chi connectivity index (χ0n) is 18.9. The Bertz CT molecular complexity index is 1090. The third-order valence-corrected chi connectivity index (χ3v) is 6.09. The van der Waals surface area contributed by atoms with Gasteiger partial charge in [-0.25, -0.2) is 9.80 Å². The molecule has 7 heteroatoms. The van der Waals surface area contributed by atoms with Crippen LogP contribution in [0, 0.1) is 0 Å². The van der Waals surface area contributed by atoms with Crippen LogP contribution >= 0.6 is 0 Å². The molecule has 1 N–H and O–H groups in total. The molecule has 2 aliphatic heterocycles. The number of urea groups is 1. The highest BCUT2D eigenvalue weighted by molar-refractivity contribution is 6.09. The minimum absolute atomic E-state index is 0.0182. The summed E-state index contributed by atoms with van der Waals surface area (Å²) in [4.78, 5) is 39.6. The molecule has 1 saturated heterocycles.